The third-order valence-corrected chi connectivity index (χ3v) is 6.63. The predicted molar refractivity (Wildman–Crippen MR) is 125 cm³/mol. The van der Waals surface area contributed by atoms with Gasteiger partial charge in [-0.1, -0.05) is 43.5 Å². The van der Waals surface area contributed by atoms with Gasteiger partial charge >= 0.3 is 0 Å². The van der Waals surface area contributed by atoms with Crippen LogP contribution in [0.4, 0.5) is 0 Å². The zero-order valence-corrected chi connectivity index (χ0v) is 18.4. The SMILES string of the molecule is CN(CCCCN(Cc1cccnc1)Cc1c[nH]c2ccccc12)C1CCCCC1. The van der Waals surface area contributed by atoms with Crippen LogP contribution in [-0.4, -0.2) is 45.9 Å². The Kier molecular flexibility index (Phi) is 7.54. The molecule has 1 aliphatic rings. The van der Waals surface area contributed by atoms with Crippen LogP contribution in [0.5, 0.6) is 0 Å². The Bertz CT molecular complexity index is 882. The van der Waals surface area contributed by atoms with Crippen LogP contribution < -0.4 is 0 Å². The van der Waals surface area contributed by atoms with E-state index < -0.39 is 0 Å². The van der Waals surface area contributed by atoms with E-state index in [1.165, 1.54) is 73.5 Å². The summed E-state index contributed by atoms with van der Waals surface area (Å²) in [5.41, 5.74) is 3.90. The lowest BCUT2D eigenvalue weighted by Gasteiger charge is -2.31. The molecular formula is C26H36N4. The van der Waals surface area contributed by atoms with Crippen molar-refractivity contribution in [2.24, 2.45) is 0 Å². The molecule has 1 aromatic carbocycles. The van der Waals surface area contributed by atoms with Gasteiger partial charge in [0.2, 0.25) is 0 Å². The lowest BCUT2D eigenvalue weighted by Crippen LogP contribution is -2.34. The molecule has 1 fully saturated rings. The molecule has 4 heteroatoms. The molecule has 1 saturated carbocycles. The van der Waals surface area contributed by atoms with Crippen molar-refractivity contribution in [3.63, 3.8) is 0 Å². The van der Waals surface area contributed by atoms with Crippen molar-refractivity contribution in [2.75, 3.05) is 20.1 Å². The molecule has 0 bridgehead atoms. The normalized spacial score (nSPS) is 15.4. The molecule has 1 aliphatic carbocycles. The van der Waals surface area contributed by atoms with Gasteiger partial charge in [-0.25, -0.2) is 0 Å². The first-order valence-corrected chi connectivity index (χ1v) is 11.7. The van der Waals surface area contributed by atoms with E-state index in [4.69, 9.17) is 0 Å². The monoisotopic (exact) mass is 404 g/mol. The van der Waals surface area contributed by atoms with Crippen LogP contribution in [0.2, 0.25) is 0 Å². The van der Waals surface area contributed by atoms with Crippen LogP contribution >= 0.6 is 0 Å². The summed E-state index contributed by atoms with van der Waals surface area (Å²) in [7, 11) is 2.33. The largest absolute Gasteiger partial charge is 0.361 e. The molecule has 4 nitrogen and oxygen atoms in total. The Labute approximate surface area is 181 Å². The van der Waals surface area contributed by atoms with Crippen molar-refractivity contribution in [1.82, 2.24) is 19.8 Å². The van der Waals surface area contributed by atoms with Gasteiger partial charge in [0, 0.05) is 48.6 Å². The molecule has 0 aliphatic heterocycles. The number of rotatable bonds is 10. The summed E-state index contributed by atoms with van der Waals surface area (Å²) < 4.78 is 0. The molecule has 2 aromatic heterocycles. The Morgan fingerprint density at radius 2 is 1.80 bits per heavy atom. The van der Waals surface area contributed by atoms with E-state index in [0.29, 0.717) is 0 Å². The van der Waals surface area contributed by atoms with E-state index in [1.54, 1.807) is 0 Å². The number of aromatic nitrogens is 2. The van der Waals surface area contributed by atoms with E-state index in [1.807, 2.05) is 18.5 Å². The van der Waals surface area contributed by atoms with Gasteiger partial charge < -0.3 is 9.88 Å². The molecule has 0 saturated heterocycles. The average molecular weight is 405 g/mol. The molecule has 0 amide bonds. The van der Waals surface area contributed by atoms with Crippen molar-refractivity contribution in [1.29, 1.82) is 0 Å². The maximum absolute atomic E-state index is 4.32. The van der Waals surface area contributed by atoms with Gasteiger partial charge in [-0.3, -0.25) is 9.88 Å². The summed E-state index contributed by atoms with van der Waals surface area (Å²) >= 11 is 0. The van der Waals surface area contributed by atoms with Crippen LogP contribution in [0.3, 0.4) is 0 Å². The number of para-hydroxylation sites is 1. The van der Waals surface area contributed by atoms with Crippen molar-refractivity contribution in [3.8, 4) is 0 Å². The second-order valence-electron chi connectivity index (χ2n) is 8.91. The third kappa shape index (κ3) is 5.71. The van der Waals surface area contributed by atoms with Gasteiger partial charge in [0.15, 0.2) is 0 Å². The minimum atomic E-state index is 0.816. The number of unbranched alkanes of at least 4 members (excludes halogenated alkanes) is 1. The van der Waals surface area contributed by atoms with Crippen molar-refractivity contribution < 1.29 is 0 Å². The van der Waals surface area contributed by atoms with Gasteiger partial charge in [-0.2, -0.15) is 0 Å². The number of nitrogens with one attached hydrogen (secondary N) is 1. The standard InChI is InChI=1S/C26H36N4/c1-29(24-11-3-2-4-12-24)16-7-8-17-30(20-22-10-9-15-27-18-22)21-23-19-28-26-14-6-5-13-25(23)26/h5-6,9-10,13-15,18-19,24,28H,2-4,7-8,11-12,16-17,20-21H2,1H3. The Morgan fingerprint density at radius 1 is 0.967 bits per heavy atom. The lowest BCUT2D eigenvalue weighted by atomic mass is 9.94. The molecule has 0 spiro atoms. The fourth-order valence-electron chi connectivity index (χ4n) is 4.87. The topological polar surface area (TPSA) is 35.2 Å². The fraction of sp³-hybridized carbons (Fsp3) is 0.500. The maximum Gasteiger partial charge on any atom is 0.0457 e. The molecule has 4 rings (SSSR count). The average Bonchev–Trinajstić information content (AvgIpc) is 3.20. The highest BCUT2D eigenvalue weighted by molar-refractivity contribution is 5.82. The van der Waals surface area contributed by atoms with Crippen molar-refractivity contribution in [2.45, 2.75) is 64.1 Å². The second kappa shape index (κ2) is 10.7. The Hall–Kier alpha value is -2.17. The van der Waals surface area contributed by atoms with Gasteiger partial charge in [-0.15, -0.1) is 0 Å². The molecule has 0 atom stereocenters. The summed E-state index contributed by atoms with van der Waals surface area (Å²) in [5.74, 6) is 0. The van der Waals surface area contributed by atoms with Crippen molar-refractivity contribution >= 4 is 10.9 Å². The minimum absolute atomic E-state index is 0.816. The van der Waals surface area contributed by atoms with E-state index in [9.17, 15) is 0 Å². The van der Waals surface area contributed by atoms with Gasteiger partial charge in [-0.05, 0) is 69.1 Å². The first kappa shape index (κ1) is 21.1. The lowest BCUT2D eigenvalue weighted by molar-refractivity contribution is 0.182. The highest BCUT2D eigenvalue weighted by atomic mass is 15.1. The number of nitrogens with zero attached hydrogens (tertiary/aromatic N) is 3. The fourth-order valence-corrected chi connectivity index (χ4v) is 4.87. The smallest absolute Gasteiger partial charge is 0.0457 e. The number of hydrogen-bond donors (Lipinski definition) is 1. The highest BCUT2D eigenvalue weighted by Gasteiger charge is 2.17. The summed E-state index contributed by atoms with van der Waals surface area (Å²) in [5, 5.41) is 1.34. The van der Waals surface area contributed by atoms with Crippen LogP contribution in [0, 0.1) is 0 Å². The highest BCUT2D eigenvalue weighted by Crippen LogP contribution is 2.23. The summed E-state index contributed by atoms with van der Waals surface area (Å²) in [6.07, 6.45) is 15.6. The number of hydrogen-bond acceptors (Lipinski definition) is 3. The number of H-pyrrole nitrogens is 1. The van der Waals surface area contributed by atoms with Crippen LogP contribution in [0.1, 0.15) is 56.1 Å². The number of pyridine rings is 1. The van der Waals surface area contributed by atoms with Gasteiger partial charge in [0.05, 0.1) is 0 Å². The first-order valence-electron chi connectivity index (χ1n) is 11.7. The van der Waals surface area contributed by atoms with Crippen LogP contribution in [0.15, 0.2) is 55.0 Å². The number of aromatic amines is 1. The molecular weight excluding hydrogens is 368 g/mol. The molecule has 1 N–H and O–H groups in total. The second-order valence-corrected chi connectivity index (χ2v) is 8.91. The molecule has 3 aromatic rings. The Balaban J connectivity index is 1.34. The Morgan fingerprint density at radius 3 is 2.63 bits per heavy atom. The van der Waals surface area contributed by atoms with Crippen molar-refractivity contribution in [3.05, 3.63) is 66.1 Å². The maximum atomic E-state index is 4.32. The third-order valence-electron chi connectivity index (χ3n) is 6.63. The quantitative estimate of drug-likeness (QED) is 0.446. The van der Waals surface area contributed by atoms with E-state index >= 15 is 0 Å². The van der Waals surface area contributed by atoms with Crippen LogP contribution in [-0.2, 0) is 13.1 Å². The number of benzene rings is 1. The molecule has 30 heavy (non-hydrogen) atoms. The molecule has 0 radical (unpaired) electrons. The van der Waals surface area contributed by atoms with E-state index in [2.05, 4.69) is 63.3 Å². The number of fused-ring (bicyclic) bond motifs is 1. The zero-order valence-electron chi connectivity index (χ0n) is 18.4. The van der Waals surface area contributed by atoms with Gasteiger partial charge in [0.1, 0.15) is 0 Å². The molecule has 2 heterocycles. The first-order chi connectivity index (χ1) is 14.8. The minimum Gasteiger partial charge on any atom is -0.361 e. The zero-order chi connectivity index (χ0) is 20.6. The van der Waals surface area contributed by atoms with E-state index in [0.717, 1.165) is 25.7 Å². The summed E-state index contributed by atoms with van der Waals surface area (Å²) in [4.78, 5) is 12.9. The molecule has 160 valence electrons. The van der Waals surface area contributed by atoms with E-state index in [-0.39, 0.29) is 0 Å². The predicted octanol–water partition coefficient (Wildman–Crippen LogP) is 5.61. The molecule has 0 unspecified atom stereocenters. The summed E-state index contributed by atoms with van der Waals surface area (Å²) in [6, 6.07) is 13.7. The summed E-state index contributed by atoms with van der Waals surface area (Å²) in [6.45, 7) is 4.26. The van der Waals surface area contributed by atoms with Gasteiger partial charge in [0.25, 0.3) is 0 Å². The van der Waals surface area contributed by atoms with Crippen LogP contribution in [0.25, 0.3) is 10.9 Å².